The minimum Gasteiger partial charge on any atom is -0.316 e. The number of nitrogens with zero attached hydrogens (tertiary/aromatic N) is 3. The number of carbonyl (C=O) groups excluding carboxylic acids is 2. The lowest BCUT2D eigenvalue weighted by molar-refractivity contribution is -0.116. The molecule has 1 aromatic carbocycles. The smallest absolute Gasteiger partial charge is 0.262 e. The number of rotatable bonds is 3. The third-order valence-electron chi connectivity index (χ3n) is 4.05. The molecule has 3 rings (SSSR count). The number of fused-ring (bicyclic) bond motifs is 1. The molecule has 0 aromatic heterocycles. The van der Waals surface area contributed by atoms with Gasteiger partial charge in [-0.2, -0.15) is 10.3 Å². The number of hydrogen-bond donors (Lipinski definition) is 0. The van der Waals surface area contributed by atoms with E-state index in [4.69, 9.17) is 5.26 Å². The van der Waals surface area contributed by atoms with Gasteiger partial charge in [0.2, 0.25) is 0 Å². The van der Waals surface area contributed by atoms with Crippen molar-refractivity contribution in [2.75, 3.05) is 16.4 Å². The van der Waals surface area contributed by atoms with Crippen LogP contribution in [-0.4, -0.2) is 48.1 Å². The van der Waals surface area contributed by atoms with Gasteiger partial charge in [0.1, 0.15) is 6.42 Å². The molecule has 1 aromatic rings. The molecule has 7 nitrogen and oxygen atoms in total. The Hall–Kier alpha value is -2.18. The second-order valence-corrected chi connectivity index (χ2v) is 9.26. The molecule has 2 saturated heterocycles. The van der Waals surface area contributed by atoms with Gasteiger partial charge in [-0.15, -0.1) is 0 Å². The van der Waals surface area contributed by atoms with Gasteiger partial charge >= 0.3 is 0 Å². The summed E-state index contributed by atoms with van der Waals surface area (Å²) >= 11 is 1.24. The first-order valence-electron chi connectivity index (χ1n) is 7.56. The van der Waals surface area contributed by atoms with Crippen LogP contribution in [0.3, 0.4) is 0 Å². The summed E-state index contributed by atoms with van der Waals surface area (Å²) in [5.74, 6) is -0.680. The number of Topliss-reactive ketones (excluding diaryl/α,β-unsaturated/α-hetero) is 1. The van der Waals surface area contributed by atoms with E-state index in [2.05, 4.69) is 4.99 Å². The second-order valence-electron chi connectivity index (χ2n) is 5.90. The van der Waals surface area contributed by atoms with Gasteiger partial charge < -0.3 is 4.90 Å². The topological polar surface area (TPSA) is 108 Å². The zero-order chi connectivity index (χ0) is 18.2. The Morgan fingerprint density at radius 3 is 2.84 bits per heavy atom. The minimum atomic E-state index is -3.16. The molecule has 2 aliphatic rings. The third kappa shape index (κ3) is 3.60. The quantitative estimate of drug-likeness (QED) is 0.733. The highest BCUT2D eigenvalue weighted by Crippen LogP contribution is 2.41. The Balaban J connectivity index is 2.03. The van der Waals surface area contributed by atoms with Crippen molar-refractivity contribution in [3.63, 3.8) is 0 Å². The van der Waals surface area contributed by atoms with Crippen LogP contribution < -0.4 is 4.90 Å². The van der Waals surface area contributed by atoms with Crippen molar-refractivity contribution in [1.29, 1.82) is 5.26 Å². The first kappa shape index (κ1) is 17.6. The summed E-state index contributed by atoms with van der Waals surface area (Å²) in [7, 11) is -3.16. The average Bonchev–Trinajstić information content (AvgIpc) is 2.98. The first-order chi connectivity index (χ1) is 11.8. The summed E-state index contributed by atoms with van der Waals surface area (Å²) in [5, 5.41) is 8.80. The van der Waals surface area contributed by atoms with Gasteiger partial charge in [-0.25, -0.2) is 8.42 Å². The summed E-state index contributed by atoms with van der Waals surface area (Å²) in [6.45, 7) is 1.45. The summed E-state index contributed by atoms with van der Waals surface area (Å²) in [6.07, 6.45) is -0.334. The molecule has 2 aliphatic heterocycles. The van der Waals surface area contributed by atoms with E-state index < -0.39 is 15.7 Å². The molecule has 0 radical (unpaired) electrons. The summed E-state index contributed by atoms with van der Waals surface area (Å²) in [5.41, 5.74) is 1.11. The Morgan fingerprint density at radius 1 is 1.40 bits per heavy atom. The second kappa shape index (κ2) is 6.61. The number of carbonyl (C=O) groups is 2. The van der Waals surface area contributed by atoms with E-state index in [0.717, 1.165) is 0 Å². The van der Waals surface area contributed by atoms with Gasteiger partial charge in [-0.05, 0) is 19.1 Å². The van der Waals surface area contributed by atoms with Crippen molar-refractivity contribution in [2.24, 2.45) is 4.99 Å². The molecule has 0 aliphatic carbocycles. The van der Waals surface area contributed by atoms with Crippen molar-refractivity contribution in [2.45, 2.75) is 24.6 Å². The predicted octanol–water partition coefficient (Wildman–Crippen LogP) is 1.40. The normalized spacial score (nSPS) is 25.6. The maximum absolute atomic E-state index is 12.0. The SMILES string of the molecule is CC(=O)c1cccc(N2C(=NC(=O)CC#N)S[C@H]3CS(=O)(=O)C[C@@H]32)c1. The van der Waals surface area contributed by atoms with E-state index >= 15 is 0 Å². The van der Waals surface area contributed by atoms with Crippen LogP contribution in [0.2, 0.25) is 0 Å². The van der Waals surface area contributed by atoms with E-state index in [-0.39, 0.29) is 35.0 Å². The molecule has 2 fully saturated rings. The fourth-order valence-electron chi connectivity index (χ4n) is 2.96. The zero-order valence-corrected chi connectivity index (χ0v) is 15.0. The lowest BCUT2D eigenvalue weighted by atomic mass is 10.1. The molecule has 0 N–H and O–H groups in total. The number of benzene rings is 1. The van der Waals surface area contributed by atoms with Gasteiger partial charge in [-0.3, -0.25) is 9.59 Å². The van der Waals surface area contributed by atoms with Crippen molar-refractivity contribution < 1.29 is 18.0 Å². The number of amidine groups is 1. The van der Waals surface area contributed by atoms with E-state index in [1.807, 2.05) is 0 Å². The van der Waals surface area contributed by atoms with Crippen molar-refractivity contribution in [1.82, 2.24) is 0 Å². The lowest BCUT2D eigenvalue weighted by Gasteiger charge is -2.24. The number of aliphatic imine (C=N–C) groups is 1. The van der Waals surface area contributed by atoms with Gasteiger partial charge in [0.25, 0.3) is 5.91 Å². The molecular weight excluding hydrogens is 362 g/mol. The highest BCUT2D eigenvalue weighted by molar-refractivity contribution is 8.16. The summed E-state index contributed by atoms with van der Waals surface area (Å²) < 4.78 is 24.0. The van der Waals surface area contributed by atoms with Crippen LogP contribution in [0.5, 0.6) is 0 Å². The lowest BCUT2D eigenvalue weighted by Crippen LogP contribution is -2.37. The maximum Gasteiger partial charge on any atom is 0.262 e. The number of hydrogen-bond acceptors (Lipinski definition) is 6. The Morgan fingerprint density at radius 2 is 2.16 bits per heavy atom. The fraction of sp³-hybridized carbons (Fsp3) is 0.375. The molecule has 25 heavy (non-hydrogen) atoms. The van der Waals surface area contributed by atoms with E-state index in [1.54, 1.807) is 35.2 Å². The molecule has 1 amide bonds. The van der Waals surface area contributed by atoms with Crippen molar-refractivity contribution in [3.05, 3.63) is 29.8 Å². The molecule has 0 bridgehead atoms. The summed E-state index contributed by atoms with van der Waals surface area (Å²) in [6, 6.07) is 8.23. The fourth-order valence-corrected chi connectivity index (χ4v) is 6.89. The number of thioether (sulfide) groups is 1. The number of anilines is 1. The number of ketones is 1. The van der Waals surface area contributed by atoms with Crippen LogP contribution in [0.15, 0.2) is 29.3 Å². The Labute approximate surface area is 149 Å². The van der Waals surface area contributed by atoms with E-state index in [9.17, 15) is 18.0 Å². The van der Waals surface area contributed by atoms with E-state index in [0.29, 0.717) is 16.4 Å². The molecule has 2 heterocycles. The largest absolute Gasteiger partial charge is 0.316 e. The zero-order valence-electron chi connectivity index (χ0n) is 13.4. The van der Waals surface area contributed by atoms with Crippen molar-refractivity contribution >= 4 is 44.1 Å². The molecule has 130 valence electrons. The number of amides is 1. The molecule has 2 atom stereocenters. The predicted molar refractivity (Wildman–Crippen MR) is 95.4 cm³/mol. The number of sulfone groups is 1. The van der Waals surface area contributed by atoms with Gasteiger partial charge in [0.15, 0.2) is 20.8 Å². The first-order valence-corrected chi connectivity index (χ1v) is 10.3. The van der Waals surface area contributed by atoms with Gasteiger partial charge in [-0.1, -0.05) is 23.9 Å². The minimum absolute atomic E-state index is 0.0245. The molecule has 0 unspecified atom stereocenters. The number of nitriles is 1. The standard InChI is InChI=1S/C16H15N3O4S2/c1-10(20)11-3-2-4-12(7-11)19-13-8-25(22,23)9-14(13)24-16(19)18-15(21)5-6-17/h2-4,7,13-14H,5,8-9H2,1H3/t13-,14-/m0/s1. The molecular formula is C16H15N3O4S2. The molecule has 0 spiro atoms. The Kier molecular flexibility index (Phi) is 4.67. The third-order valence-corrected chi connectivity index (χ3v) is 7.26. The maximum atomic E-state index is 12.0. The van der Waals surface area contributed by atoms with Crippen LogP contribution >= 0.6 is 11.8 Å². The molecule has 9 heteroatoms. The van der Waals surface area contributed by atoms with Crippen LogP contribution in [0.4, 0.5) is 5.69 Å². The van der Waals surface area contributed by atoms with Crippen molar-refractivity contribution in [3.8, 4) is 6.07 Å². The van der Waals surface area contributed by atoms with Gasteiger partial charge in [0, 0.05) is 16.5 Å². The van der Waals surface area contributed by atoms with E-state index in [1.165, 1.54) is 18.7 Å². The Bertz CT molecular complexity index is 918. The van der Waals surface area contributed by atoms with Crippen LogP contribution in [0.1, 0.15) is 23.7 Å². The summed E-state index contributed by atoms with van der Waals surface area (Å²) in [4.78, 5) is 29.1. The highest BCUT2D eigenvalue weighted by atomic mass is 32.2. The van der Waals surface area contributed by atoms with Gasteiger partial charge in [0.05, 0.1) is 23.6 Å². The monoisotopic (exact) mass is 377 g/mol. The average molecular weight is 377 g/mol. The van der Waals surface area contributed by atoms with Crippen LogP contribution in [0, 0.1) is 11.3 Å². The van der Waals surface area contributed by atoms with Crippen LogP contribution in [-0.2, 0) is 14.6 Å². The molecule has 0 saturated carbocycles. The van der Waals surface area contributed by atoms with Crippen LogP contribution in [0.25, 0.3) is 0 Å². The highest BCUT2D eigenvalue weighted by Gasteiger charge is 2.49.